The van der Waals surface area contributed by atoms with Gasteiger partial charge in [-0.3, -0.25) is 4.90 Å². The van der Waals surface area contributed by atoms with Gasteiger partial charge in [-0.05, 0) is 26.1 Å². The van der Waals surface area contributed by atoms with Gasteiger partial charge >= 0.3 is 0 Å². The van der Waals surface area contributed by atoms with Crippen molar-refractivity contribution in [1.82, 2.24) is 19.4 Å². The first-order chi connectivity index (χ1) is 10.2. The van der Waals surface area contributed by atoms with Gasteiger partial charge in [0.2, 0.25) is 0 Å². The van der Waals surface area contributed by atoms with Crippen molar-refractivity contribution in [2.75, 3.05) is 39.8 Å². The van der Waals surface area contributed by atoms with E-state index < -0.39 is 0 Å². The highest BCUT2D eigenvalue weighted by molar-refractivity contribution is 5.76. The second kappa shape index (κ2) is 6.13. The van der Waals surface area contributed by atoms with Gasteiger partial charge in [0.05, 0.1) is 23.7 Å². The maximum Gasteiger partial charge on any atom is 0.127 e. The van der Waals surface area contributed by atoms with Crippen molar-refractivity contribution in [1.29, 1.82) is 0 Å². The predicted octanol–water partition coefficient (Wildman–Crippen LogP) is 1.34. The van der Waals surface area contributed by atoms with E-state index in [4.69, 9.17) is 4.98 Å². The molecule has 1 fully saturated rings. The summed E-state index contributed by atoms with van der Waals surface area (Å²) in [6.07, 6.45) is 0. The first kappa shape index (κ1) is 14.5. The van der Waals surface area contributed by atoms with Crippen LogP contribution in [0.25, 0.3) is 11.0 Å². The Morgan fingerprint density at radius 3 is 2.62 bits per heavy atom. The molecule has 0 spiro atoms. The molecule has 0 bridgehead atoms. The number of aromatic nitrogens is 2. The fourth-order valence-corrected chi connectivity index (χ4v) is 3.12. The number of aliphatic hydroxyl groups excluding tert-OH is 1. The summed E-state index contributed by atoms with van der Waals surface area (Å²) in [5.41, 5.74) is 2.13. The van der Waals surface area contributed by atoms with E-state index in [0.717, 1.165) is 43.0 Å². The van der Waals surface area contributed by atoms with Crippen molar-refractivity contribution in [2.45, 2.75) is 19.5 Å². The number of nitrogens with zero attached hydrogens (tertiary/aromatic N) is 4. The highest BCUT2D eigenvalue weighted by Gasteiger charge is 2.24. The number of imidazole rings is 1. The van der Waals surface area contributed by atoms with Crippen LogP contribution in [0.2, 0.25) is 0 Å². The Balaban J connectivity index is 1.93. The van der Waals surface area contributed by atoms with Crippen LogP contribution in [0.1, 0.15) is 18.8 Å². The quantitative estimate of drug-likeness (QED) is 0.922. The van der Waals surface area contributed by atoms with Gasteiger partial charge in [-0.25, -0.2) is 4.98 Å². The predicted molar refractivity (Wildman–Crippen MR) is 84.3 cm³/mol. The Morgan fingerprint density at radius 2 is 1.90 bits per heavy atom. The van der Waals surface area contributed by atoms with Crippen LogP contribution in [0, 0.1) is 0 Å². The summed E-state index contributed by atoms with van der Waals surface area (Å²) in [5.74, 6) is 1.06. The zero-order valence-electron chi connectivity index (χ0n) is 12.9. The monoisotopic (exact) mass is 288 g/mol. The SMILES string of the molecule is CC(c1nc2ccccc2n1CCO)N1CCN(C)CC1. The van der Waals surface area contributed by atoms with E-state index in [1.54, 1.807) is 0 Å². The first-order valence-corrected chi connectivity index (χ1v) is 7.69. The molecule has 0 aliphatic carbocycles. The number of benzene rings is 1. The van der Waals surface area contributed by atoms with E-state index in [-0.39, 0.29) is 12.6 Å². The smallest absolute Gasteiger partial charge is 0.127 e. The number of rotatable bonds is 4. The van der Waals surface area contributed by atoms with Gasteiger partial charge in [-0.1, -0.05) is 12.1 Å². The summed E-state index contributed by atoms with van der Waals surface area (Å²) >= 11 is 0. The summed E-state index contributed by atoms with van der Waals surface area (Å²) < 4.78 is 2.16. The molecular formula is C16H24N4O. The average molecular weight is 288 g/mol. The van der Waals surface area contributed by atoms with Gasteiger partial charge in [-0.2, -0.15) is 0 Å². The maximum atomic E-state index is 9.38. The molecule has 0 amide bonds. The Morgan fingerprint density at radius 1 is 1.19 bits per heavy atom. The lowest BCUT2D eigenvalue weighted by Gasteiger charge is -2.36. The molecule has 1 aliphatic rings. The van der Waals surface area contributed by atoms with Crippen molar-refractivity contribution in [3.8, 4) is 0 Å². The zero-order valence-corrected chi connectivity index (χ0v) is 12.9. The molecule has 3 rings (SSSR count). The van der Waals surface area contributed by atoms with Crippen molar-refractivity contribution >= 4 is 11.0 Å². The number of hydrogen-bond donors (Lipinski definition) is 1. The summed E-state index contributed by atoms with van der Waals surface area (Å²) in [5, 5.41) is 9.38. The topological polar surface area (TPSA) is 44.5 Å². The van der Waals surface area contributed by atoms with Crippen LogP contribution >= 0.6 is 0 Å². The van der Waals surface area contributed by atoms with E-state index in [1.165, 1.54) is 0 Å². The molecule has 0 radical (unpaired) electrons. The minimum absolute atomic E-state index is 0.142. The van der Waals surface area contributed by atoms with E-state index >= 15 is 0 Å². The molecule has 1 unspecified atom stereocenters. The normalized spacial score (nSPS) is 19.2. The first-order valence-electron chi connectivity index (χ1n) is 7.69. The van der Waals surface area contributed by atoms with Crippen LogP contribution in [0.15, 0.2) is 24.3 Å². The fraction of sp³-hybridized carbons (Fsp3) is 0.562. The Hall–Kier alpha value is -1.43. The molecule has 1 atom stereocenters. The van der Waals surface area contributed by atoms with Crippen LogP contribution in [0.4, 0.5) is 0 Å². The van der Waals surface area contributed by atoms with E-state index in [2.05, 4.69) is 34.4 Å². The Bertz CT molecular complexity index is 601. The van der Waals surface area contributed by atoms with Crippen LogP contribution in [-0.4, -0.2) is 64.3 Å². The zero-order chi connectivity index (χ0) is 14.8. The highest BCUT2D eigenvalue weighted by atomic mass is 16.3. The molecule has 21 heavy (non-hydrogen) atoms. The molecule has 0 saturated carbocycles. The number of aliphatic hydroxyl groups is 1. The largest absolute Gasteiger partial charge is 0.395 e. The molecule has 1 N–H and O–H groups in total. The Labute approximate surface area is 125 Å². The lowest BCUT2D eigenvalue weighted by molar-refractivity contribution is 0.113. The molecule has 1 aromatic heterocycles. The average Bonchev–Trinajstić information content (AvgIpc) is 2.87. The molecule has 1 aliphatic heterocycles. The minimum atomic E-state index is 0.142. The van der Waals surface area contributed by atoms with Crippen LogP contribution in [0.5, 0.6) is 0 Å². The summed E-state index contributed by atoms with van der Waals surface area (Å²) in [6.45, 7) is 7.31. The molecule has 114 valence electrons. The number of fused-ring (bicyclic) bond motifs is 1. The highest BCUT2D eigenvalue weighted by Crippen LogP contribution is 2.25. The number of hydrogen-bond acceptors (Lipinski definition) is 4. The van der Waals surface area contributed by atoms with E-state index in [9.17, 15) is 5.11 Å². The molecule has 5 nitrogen and oxygen atoms in total. The third kappa shape index (κ3) is 2.81. The number of para-hydroxylation sites is 2. The molecular weight excluding hydrogens is 264 g/mol. The van der Waals surface area contributed by atoms with Gasteiger partial charge in [0.1, 0.15) is 5.82 Å². The molecule has 1 aromatic carbocycles. The molecule has 1 saturated heterocycles. The maximum absolute atomic E-state index is 9.38. The lowest BCUT2D eigenvalue weighted by atomic mass is 10.2. The second-order valence-corrected chi connectivity index (χ2v) is 5.85. The van der Waals surface area contributed by atoms with Gasteiger partial charge in [0.15, 0.2) is 0 Å². The van der Waals surface area contributed by atoms with Crippen molar-refractivity contribution in [3.05, 3.63) is 30.1 Å². The minimum Gasteiger partial charge on any atom is -0.395 e. The van der Waals surface area contributed by atoms with Gasteiger partial charge < -0.3 is 14.6 Å². The standard InChI is InChI=1S/C16H24N4O/c1-13(19-9-7-18(2)8-10-19)16-17-14-5-3-4-6-15(14)20(16)11-12-21/h3-6,13,21H,7-12H2,1-2H3. The second-order valence-electron chi connectivity index (χ2n) is 5.85. The fourth-order valence-electron chi connectivity index (χ4n) is 3.12. The Kier molecular flexibility index (Phi) is 4.24. The van der Waals surface area contributed by atoms with Crippen LogP contribution in [-0.2, 0) is 6.54 Å². The lowest BCUT2D eigenvalue weighted by Crippen LogP contribution is -2.45. The summed E-state index contributed by atoms with van der Waals surface area (Å²) in [6, 6.07) is 8.45. The van der Waals surface area contributed by atoms with Crippen molar-refractivity contribution < 1.29 is 5.11 Å². The van der Waals surface area contributed by atoms with Crippen LogP contribution in [0.3, 0.4) is 0 Å². The third-order valence-corrected chi connectivity index (χ3v) is 4.47. The molecule has 2 aromatic rings. The number of likely N-dealkylation sites (N-methyl/N-ethyl adjacent to an activating group) is 1. The van der Waals surface area contributed by atoms with E-state index in [0.29, 0.717) is 6.54 Å². The molecule has 2 heterocycles. The van der Waals surface area contributed by atoms with Crippen molar-refractivity contribution in [3.63, 3.8) is 0 Å². The van der Waals surface area contributed by atoms with Crippen molar-refractivity contribution in [2.24, 2.45) is 0 Å². The molecule has 5 heteroatoms. The van der Waals surface area contributed by atoms with E-state index in [1.807, 2.05) is 18.2 Å². The van der Waals surface area contributed by atoms with Gasteiger partial charge in [0.25, 0.3) is 0 Å². The van der Waals surface area contributed by atoms with Gasteiger partial charge in [-0.15, -0.1) is 0 Å². The third-order valence-electron chi connectivity index (χ3n) is 4.47. The summed E-state index contributed by atoms with van der Waals surface area (Å²) in [4.78, 5) is 9.66. The number of piperazine rings is 1. The van der Waals surface area contributed by atoms with Gasteiger partial charge in [0, 0.05) is 32.7 Å². The van der Waals surface area contributed by atoms with Crippen LogP contribution < -0.4 is 0 Å². The summed E-state index contributed by atoms with van der Waals surface area (Å²) in [7, 11) is 2.17.